The van der Waals surface area contributed by atoms with Gasteiger partial charge in [0.25, 0.3) is 0 Å². The van der Waals surface area contributed by atoms with Crippen LogP contribution in [-0.4, -0.2) is 42.3 Å². The number of rotatable bonds is 5. The molecule has 12 heteroatoms. The van der Waals surface area contributed by atoms with E-state index in [9.17, 15) is 18.0 Å². The maximum absolute atomic E-state index is 12.3. The number of hydrogen-bond donors (Lipinski definition) is 0. The van der Waals surface area contributed by atoms with E-state index in [0.29, 0.717) is 16.6 Å². The highest BCUT2D eigenvalue weighted by molar-refractivity contribution is 7.13. The van der Waals surface area contributed by atoms with Gasteiger partial charge in [-0.05, 0) is 12.8 Å². The van der Waals surface area contributed by atoms with E-state index >= 15 is 0 Å². The van der Waals surface area contributed by atoms with Crippen molar-refractivity contribution < 1.29 is 17.9 Å². The summed E-state index contributed by atoms with van der Waals surface area (Å²) in [6, 6.07) is 0. The fraction of sp³-hybridized carbons (Fsp3) is 0.462. The largest absolute Gasteiger partial charge is 0.522 e. The number of imidazole rings is 1. The number of nitrogens with zero attached hydrogens (tertiary/aromatic N) is 6. The van der Waals surface area contributed by atoms with Crippen LogP contribution >= 0.6 is 11.3 Å². The molecule has 1 aliphatic carbocycles. The van der Waals surface area contributed by atoms with E-state index < -0.39 is 18.7 Å². The van der Waals surface area contributed by atoms with Gasteiger partial charge in [0.05, 0.1) is 18.8 Å². The molecule has 3 aromatic heterocycles. The lowest BCUT2D eigenvalue weighted by molar-refractivity contribution is -0.325. The third kappa shape index (κ3) is 3.26. The van der Waals surface area contributed by atoms with Crippen LogP contribution in [0.1, 0.15) is 24.5 Å². The van der Waals surface area contributed by atoms with E-state index in [1.54, 1.807) is 0 Å². The van der Waals surface area contributed by atoms with Gasteiger partial charge in [-0.3, -0.25) is 4.74 Å². The summed E-state index contributed by atoms with van der Waals surface area (Å²) in [4.78, 5) is 21.0. The first-order valence-electron chi connectivity index (χ1n) is 7.40. The first kappa shape index (κ1) is 16.1. The molecule has 0 atom stereocenters. The lowest BCUT2D eigenvalue weighted by Gasteiger charge is -2.07. The highest BCUT2D eigenvalue weighted by Gasteiger charge is 2.29. The van der Waals surface area contributed by atoms with E-state index in [-0.39, 0.29) is 12.2 Å². The molecule has 1 fully saturated rings. The van der Waals surface area contributed by atoms with Gasteiger partial charge in [-0.15, -0.1) is 29.6 Å². The molecule has 0 bridgehead atoms. The summed E-state index contributed by atoms with van der Waals surface area (Å²) >= 11 is 1.41. The second-order valence-corrected chi connectivity index (χ2v) is 6.39. The van der Waals surface area contributed by atoms with E-state index in [1.165, 1.54) is 17.7 Å². The highest BCUT2D eigenvalue weighted by Crippen LogP contribution is 2.41. The first-order valence-corrected chi connectivity index (χ1v) is 8.28. The van der Waals surface area contributed by atoms with Gasteiger partial charge in [-0.1, -0.05) is 5.21 Å². The Labute approximate surface area is 141 Å². The normalized spacial score (nSPS) is 15.2. The van der Waals surface area contributed by atoms with Crippen molar-refractivity contribution in [3.63, 3.8) is 0 Å². The van der Waals surface area contributed by atoms with E-state index in [2.05, 4.69) is 25.0 Å². The van der Waals surface area contributed by atoms with Crippen molar-refractivity contribution in [2.24, 2.45) is 0 Å². The molecular weight excluding hydrogens is 361 g/mol. The first-order chi connectivity index (χ1) is 11.9. The van der Waals surface area contributed by atoms with Gasteiger partial charge in [0, 0.05) is 11.3 Å². The van der Waals surface area contributed by atoms with Crippen LogP contribution in [0.3, 0.4) is 0 Å². The van der Waals surface area contributed by atoms with Crippen molar-refractivity contribution in [2.75, 3.05) is 6.61 Å². The maximum Gasteiger partial charge on any atom is 0.522 e. The van der Waals surface area contributed by atoms with Crippen molar-refractivity contribution >= 4 is 17.0 Å². The highest BCUT2D eigenvalue weighted by atomic mass is 32.1. The summed E-state index contributed by atoms with van der Waals surface area (Å²) in [5.74, 6) is 0.496. The third-order valence-electron chi connectivity index (χ3n) is 3.71. The van der Waals surface area contributed by atoms with E-state index in [0.717, 1.165) is 27.6 Å². The van der Waals surface area contributed by atoms with Crippen LogP contribution in [0.5, 0.6) is 0 Å². The number of hydrogen-bond acceptors (Lipinski definition) is 7. The van der Waals surface area contributed by atoms with Crippen molar-refractivity contribution in [2.45, 2.75) is 31.7 Å². The molecule has 0 aliphatic heterocycles. The Bertz CT molecular complexity index is 974. The molecule has 25 heavy (non-hydrogen) atoms. The Balaban J connectivity index is 1.61. The van der Waals surface area contributed by atoms with Crippen LogP contribution in [0.15, 0.2) is 16.5 Å². The Morgan fingerprint density at radius 2 is 2.16 bits per heavy atom. The number of alkyl halides is 3. The molecule has 4 rings (SSSR count). The molecule has 1 saturated carbocycles. The predicted octanol–water partition coefficient (Wildman–Crippen LogP) is 1.82. The summed E-state index contributed by atoms with van der Waals surface area (Å²) in [6.07, 6.45) is -1.25. The lowest BCUT2D eigenvalue weighted by Crippen LogP contribution is -2.32. The summed E-state index contributed by atoms with van der Waals surface area (Å²) < 4.78 is 41.6. The zero-order chi connectivity index (χ0) is 17.6. The molecular formula is C13H11F3N6O2S. The number of aromatic nitrogens is 6. The van der Waals surface area contributed by atoms with Crippen molar-refractivity contribution in [1.29, 1.82) is 0 Å². The van der Waals surface area contributed by atoms with Crippen molar-refractivity contribution in [3.8, 4) is 10.7 Å². The monoisotopic (exact) mass is 372 g/mol. The minimum Gasteiger partial charge on any atom is -0.290 e. The molecule has 0 unspecified atom stereocenters. The van der Waals surface area contributed by atoms with E-state index in [1.807, 2.05) is 5.38 Å². The minimum atomic E-state index is -4.76. The zero-order valence-electron chi connectivity index (χ0n) is 12.6. The average molecular weight is 372 g/mol. The van der Waals surface area contributed by atoms with Crippen molar-refractivity contribution in [1.82, 2.24) is 29.4 Å². The predicted molar refractivity (Wildman–Crippen MR) is 80.1 cm³/mol. The lowest BCUT2D eigenvalue weighted by atomic mass is 10.3. The Kier molecular flexibility index (Phi) is 3.80. The number of halogens is 3. The molecule has 0 N–H and O–H groups in total. The fourth-order valence-electron chi connectivity index (χ4n) is 2.34. The number of thiazole rings is 1. The average Bonchev–Trinajstić information content (AvgIpc) is 3.12. The molecule has 3 heterocycles. The molecule has 132 valence electrons. The number of fused-ring (bicyclic) bond motifs is 1. The smallest absolute Gasteiger partial charge is 0.290 e. The van der Waals surface area contributed by atoms with Gasteiger partial charge in [-0.2, -0.15) is 4.68 Å². The van der Waals surface area contributed by atoms with Gasteiger partial charge < -0.3 is 0 Å². The van der Waals surface area contributed by atoms with Crippen LogP contribution in [0.4, 0.5) is 13.2 Å². The van der Waals surface area contributed by atoms with Gasteiger partial charge in [0.2, 0.25) is 0 Å². The number of ether oxygens (including phenoxy) is 1. The molecule has 8 nitrogen and oxygen atoms in total. The standard InChI is InChI=1S/C13H11F3N6O2S/c14-13(15,16)24-4-3-22-12(23)21-6-17-9(10(21)19-20-22)11-18-8(5-25-11)7-1-2-7/h5-7H,1-4H2. The molecule has 0 radical (unpaired) electrons. The second-order valence-electron chi connectivity index (χ2n) is 5.53. The van der Waals surface area contributed by atoms with Crippen LogP contribution in [0, 0.1) is 0 Å². The summed E-state index contributed by atoms with van der Waals surface area (Å²) in [6.45, 7) is -1.11. The fourth-order valence-corrected chi connectivity index (χ4v) is 3.23. The van der Waals surface area contributed by atoms with Gasteiger partial charge >= 0.3 is 12.1 Å². The zero-order valence-corrected chi connectivity index (χ0v) is 13.4. The summed E-state index contributed by atoms with van der Waals surface area (Å²) in [5, 5.41) is 10.2. The minimum absolute atomic E-state index is 0.217. The molecule has 1 aliphatic rings. The van der Waals surface area contributed by atoms with Crippen LogP contribution in [0.25, 0.3) is 16.3 Å². The summed E-state index contributed by atoms with van der Waals surface area (Å²) in [5.41, 5.74) is 1.01. The van der Waals surface area contributed by atoms with Crippen LogP contribution < -0.4 is 5.69 Å². The Morgan fingerprint density at radius 1 is 1.36 bits per heavy atom. The van der Waals surface area contributed by atoms with Gasteiger partial charge in [0.1, 0.15) is 17.0 Å². The molecule has 0 saturated heterocycles. The molecule has 0 aromatic carbocycles. The Morgan fingerprint density at radius 3 is 2.88 bits per heavy atom. The second kappa shape index (κ2) is 5.88. The van der Waals surface area contributed by atoms with Gasteiger partial charge in [-0.25, -0.2) is 19.2 Å². The van der Waals surface area contributed by atoms with E-state index in [4.69, 9.17) is 0 Å². The SMILES string of the molecule is O=c1n(CCOC(F)(F)F)nnc2c(-c3nc(C4CC4)cs3)ncn12. The topological polar surface area (TPSA) is 87.2 Å². The summed E-state index contributed by atoms with van der Waals surface area (Å²) in [7, 11) is 0. The van der Waals surface area contributed by atoms with Crippen LogP contribution in [0.2, 0.25) is 0 Å². The Hall–Kier alpha value is -2.34. The molecule has 0 amide bonds. The quantitative estimate of drug-likeness (QED) is 0.679. The maximum atomic E-state index is 12.3. The van der Waals surface area contributed by atoms with Crippen LogP contribution in [-0.2, 0) is 11.3 Å². The molecule has 0 spiro atoms. The van der Waals surface area contributed by atoms with Crippen molar-refractivity contribution in [3.05, 3.63) is 27.9 Å². The third-order valence-corrected chi connectivity index (χ3v) is 4.57. The molecule has 3 aromatic rings. The van der Waals surface area contributed by atoms with Gasteiger partial charge in [0.15, 0.2) is 5.65 Å².